The van der Waals surface area contributed by atoms with Crippen LogP contribution in [0.25, 0.3) is 0 Å². The molecule has 1 atom stereocenters. The Bertz CT molecular complexity index is 227. The van der Waals surface area contributed by atoms with Crippen molar-refractivity contribution in [2.75, 3.05) is 26.7 Å². The molecule has 0 heterocycles. The van der Waals surface area contributed by atoms with Gasteiger partial charge in [-0.3, -0.25) is 0 Å². The van der Waals surface area contributed by atoms with Crippen LogP contribution < -0.4 is 5.32 Å². The summed E-state index contributed by atoms with van der Waals surface area (Å²) in [4.78, 5) is 2.55. The summed E-state index contributed by atoms with van der Waals surface area (Å²) in [5, 5.41) is 12.9. The van der Waals surface area contributed by atoms with E-state index in [4.69, 9.17) is 0 Å². The molecular formula is C16H34N2O. The minimum atomic E-state index is -0.0982. The number of hydrogen-bond donors (Lipinski definition) is 2. The molecule has 1 saturated carbocycles. The van der Waals surface area contributed by atoms with Crippen LogP contribution in [0.5, 0.6) is 0 Å². The van der Waals surface area contributed by atoms with Gasteiger partial charge >= 0.3 is 0 Å². The molecule has 2 N–H and O–H groups in total. The second-order valence-electron chi connectivity index (χ2n) is 6.48. The normalized spacial score (nSPS) is 21.3. The van der Waals surface area contributed by atoms with E-state index in [1.807, 2.05) is 0 Å². The minimum Gasteiger partial charge on any atom is -0.394 e. The molecule has 0 aromatic heterocycles. The lowest BCUT2D eigenvalue weighted by Crippen LogP contribution is -2.46. The molecular weight excluding hydrogens is 236 g/mol. The Kier molecular flexibility index (Phi) is 7.96. The van der Waals surface area contributed by atoms with Gasteiger partial charge in [-0.05, 0) is 52.7 Å². The van der Waals surface area contributed by atoms with Gasteiger partial charge in [0.05, 0.1) is 6.61 Å². The first-order valence-corrected chi connectivity index (χ1v) is 8.17. The molecule has 19 heavy (non-hydrogen) atoms. The molecule has 3 nitrogen and oxygen atoms in total. The van der Waals surface area contributed by atoms with Gasteiger partial charge in [0.1, 0.15) is 0 Å². The van der Waals surface area contributed by atoms with Crippen molar-refractivity contribution in [2.45, 2.75) is 76.8 Å². The summed E-state index contributed by atoms with van der Waals surface area (Å²) < 4.78 is 0. The van der Waals surface area contributed by atoms with E-state index in [0.29, 0.717) is 0 Å². The topological polar surface area (TPSA) is 35.5 Å². The highest BCUT2D eigenvalue weighted by Crippen LogP contribution is 2.21. The highest BCUT2D eigenvalue weighted by molar-refractivity contribution is 4.82. The van der Waals surface area contributed by atoms with E-state index in [0.717, 1.165) is 32.0 Å². The summed E-state index contributed by atoms with van der Waals surface area (Å²) in [6.45, 7) is 6.54. The zero-order valence-corrected chi connectivity index (χ0v) is 13.2. The molecule has 1 fully saturated rings. The van der Waals surface area contributed by atoms with Crippen molar-refractivity contribution >= 4 is 0 Å². The Morgan fingerprint density at radius 2 is 1.84 bits per heavy atom. The molecule has 0 bridgehead atoms. The molecule has 0 aromatic rings. The highest BCUT2D eigenvalue weighted by Gasteiger charge is 2.22. The van der Waals surface area contributed by atoms with E-state index in [-0.39, 0.29) is 12.1 Å². The van der Waals surface area contributed by atoms with Crippen LogP contribution >= 0.6 is 0 Å². The predicted octanol–water partition coefficient (Wildman–Crippen LogP) is 2.78. The summed E-state index contributed by atoms with van der Waals surface area (Å²) in [6.07, 6.45) is 10.6. The fourth-order valence-electron chi connectivity index (χ4n) is 3.25. The van der Waals surface area contributed by atoms with Crippen LogP contribution in [0.15, 0.2) is 0 Å². The number of aliphatic hydroxyl groups excluding tert-OH is 1. The van der Waals surface area contributed by atoms with Crippen LogP contribution in [0, 0.1) is 0 Å². The fourth-order valence-corrected chi connectivity index (χ4v) is 3.25. The van der Waals surface area contributed by atoms with Crippen molar-refractivity contribution in [2.24, 2.45) is 0 Å². The van der Waals surface area contributed by atoms with Crippen LogP contribution in [0.1, 0.15) is 65.2 Å². The SMILES string of the molecule is CCNC(C)(CO)CCCN(C)C1CCCCCC1. The zero-order valence-electron chi connectivity index (χ0n) is 13.2. The summed E-state index contributed by atoms with van der Waals surface area (Å²) in [7, 11) is 2.28. The molecule has 0 amide bonds. The molecule has 3 heteroatoms. The third kappa shape index (κ3) is 6.24. The fraction of sp³-hybridized carbons (Fsp3) is 1.00. The van der Waals surface area contributed by atoms with Crippen molar-refractivity contribution < 1.29 is 5.11 Å². The van der Waals surface area contributed by atoms with Gasteiger partial charge in [-0.15, -0.1) is 0 Å². The van der Waals surface area contributed by atoms with Crippen molar-refractivity contribution in [1.82, 2.24) is 10.2 Å². The molecule has 0 radical (unpaired) electrons. The Morgan fingerprint density at radius 3 is 2.37 bits per heavy atom. The Labute approximate surface area is 119 Å². The molecule has 114 valence electrons. The van der Waals surface area contributed by atoms with Crippen molar-refractivity contribution in [1.29, 1.82) is 0 Å². The first-order chi connectivity index (χ1) is 9.11. The van der Waals surface area contributed by atoms with E-state index in [1.165, 1.54) is 38.5 Å². The third-order valence-corrected chi connectivity index (χ3v) is 4.64. The summed E-state index contributed by atoms with van der Waals surface area (Å²) in [5.41, 5.74) is -0.0982. The van der Waals surface area contributed by atoms with Gasteiger partial charge in [-0.25, -0.2) is 0 Å². The van der Waals surface area contributed by atoms with Crippen molar-refractivity contribution in [3.63, 3.8) is 0 Å². The van der Waals surface area contributed by atoms with E-state index in [2.05, 4.69) is 31.1 Å². The van der Waals surface area contributed by atoms with E-state index in [9.17, 15) is 5.11 Å². The monoisotopic (exact) mass is 270 g/mol. The second-order valence-corrected chi connectivity index (χ2v) is 6.48. The molecule has 0 aromatic carbocycles. The van der Waals surface area contributed by atoms with Crippen LogP contribution in [0.4, 0.5) is 0 Å². The Hall–Kier alpha value is -0.120. The Balaban J connectivity index is 2.26. The maximum Gasteiger partial charge on any atom is 0.0610 e. The first-order valence-electron chi connectivity index (χ1n) is 8.17. The Morgan fingerprint density at radius 1 is 1.21 bits per heavy atom. The lowest BCUT2D eigenvalue weighted by atomic mass is 9.96. The summed E-state index contributed by atoms with van der Waals surface area (Å²) >= 11 is 0. The molecule has 0 spiro atoms. The first kappa shape index (κ1) is 16.9. The molecule has 0 aliphatic heterocycles. The number of hydrogen-bond acceptors (Lipinski definition) is 3. The number of aliphatic hydroxyl groups is 1. The average Bonchev–Trinajstić information content (AvgIpc) is 2.68. The van der Waals surface area contributed by atoms with Gasteiger partial charge in [-0.1, -0.05) is 32.6 Å². The van der Waals surface area contributed by atoms with Gasteiger partial charge in [0.2, 0.25) is 0 Å². The smallest absolute Gasteiger partial charge is 0.0610 e. The lowest BCUT2D eigenvalue weighted by molar-refractivity contribution is 0.153. The van der Waals surface area contributed by atoms with Gasteiger partial charge in [0.25, 0.3) is 0 Å². The predicted molar refractivity (Wildman–Crippen MR) is 82.5 cm³/mol. The number of nitrogens with one attached hydrogen (secondary N) is 1. The maximum absolute atomic E-state index is 9.49. The number of likely N-dealkylation sites (N-methyl/N-ethyl adjacent to an activating group) is 1. The molecule has 0 saturated heterocycles. The molecule has 1 aliphatic rings. The summed E-state index contributed by atoms with van der Waals surface area (Å²) in [5.74, 6) is 0. The van der Waals surface area contributed by atoms with E-state index >= 15 is 0 Å². The maximum atomic E-state index is 9.49. The number of rotatable bonds is 8. The summed E-state index contributed by atoms with van der Waals surface area (Å²) in [6, 6.07) is 0.794. The van der Waals surface area contributed by atoms with Gasteiger partial charge in [0.15, 0.2) is 0 Å². The van der Waals surface area contributed by atoms with Gasteiger partial charge < -0.3 is 15.3 Å². The average molecular weight is 270 g/mol. The lowest BCUT2D eigenvalue weighted by Gasteiger charge is -2.31. The standard InChI is InChI=1S/C16H34N2O/c1-4-17-16(2,14-19)12-9-13-18(3)15-10-7-5-6-8-11-15/h15,17,19H,4-14H2,1-3H3. The molecule has 1 unspecified atom stereocenters. The molecule has 1 rings (SSSR count). The van der Waals surface area contributed by atoms with Crippen molar-refractivity contribution in [3.8, 4) is 0 Å². The highest BCUT2D eigenvalue weighted by atomic mass is 16.3. The van der Waals surface area contributed by atoms with E-state index < -0.39 is 0 Å². The largest absolute Gasteiger partial charge is 0.394 e. The van der Waals surface area contributed by atoms with Gasteiger partial charge in [-0.2, -0.15) is 0 Å². The second kappa shape index (κ2) is 8.93. The van der Waals surface area contributed by atoms with Crippen molar-refractivity contribution in [3.05, 3.63) is 0 Å². The van der Waals surface area contributed by atoms with E-state index in [1.54, 1.807) is 0 Å². The minimum absolute atomic E-state index is 0.0982. The third-order valence-electron chi connectivity index (χ3n) is 4.64. The van der Waals surface area contributed by atoms with Gasteiger partial charge in [0, 0.05) is 11.6 Å². The zero-order chi connectivity index (χ0) is 14.1. The van der Waals surface area contributed by atoms with Crippen LogP contribution in [0.2, 0.25) is 0 Å². The van der Waals surface area contributed by atoms with Crippen LogP contribution in [-0.2, 0) is 0 Å². The number of nitrogens with zero attached hydrogens (tertiary/aromatic N) is 1. The van der Waals surface area contributed by atoms with Crippen LogP contribution in [0.3, 0.4) is 0 Å². The van der Waals surface area contributed by atoms with Crippen LogP contribution in [-0.4, -0.2) is 48.3 Å². The quantitative estimate of drug-likeness (QED) is 0.666. The molecule has 1 aliphatic carbocycles.